The number of hydrogen-bond donors (Lipinski definition) is 1. The summed E-state index contributed by atoms with van der Waals surface area (Å²) in [6, 6.07) is 14.7. The van der Waals surface area contributed by atoms with Gasteiger partial charge in [0.25, 0.3) is 0 Å². The van der Waals surface area contributed by atoms with Crippen molar-refractivity contribution in [3.8, 4) is 6.07 Å². The summed E-state index contributed by atoms with van der Waals surface area (Å²) in [6.45, 7) is 0.713. The lowest BCUT2D eigenvalue weighted by Crippen LogP contribution is -2.27. The molecule has 0 spiro atoms. The van der Waals surface area contributed by atoms with Crippen LogP contribution in [0.15, 0.2) is 46.9 Å². The van der Waals surface area contributed by atoms with Gasteiger partial charge in [-0.3, -0.25) is 0 Å². The molecule has 0 aliphatic heterocycles. The number of aliphatic hydroxyl groups is 1. The van der Waals surface area contributed by atoms with E-state index < -0.39 is 5.82 Å². The summed E-state index contributed by atoms with van der Waals surface area (Å²) in [4.78, 5) is 1.75. The SMILES string of the molecule is N#Cc1ccc(N(CCO)Cc2ccccc2)c(F)c1Br. The van der Waals surface area contributed by atoms with Gasteiger partial charge < -0.3 is 10.0 Å². The summed E-state index contributed by atoms with van der Waals surface area (Å²) in [7, 11) is 0. The maximum Gasteiger partial charge on any atom is 0.161 e. The van der Waals surface area contributed by atoms with E-state index in [1.165, 1.54) is 0 Å². The Morgan fingerprint density at radius 2 is 1.90 bits per heavy atom. The van der Waals surface area contributed by atoms with Crippen LogP contribution in [0.3, 0.4) is 0 Å². The van der Waals surface area contributed by atoms with E-state index in [1.807, 2.05) is 36.4 Å². The highest BCUT2D eigenvalue weighted by Gasteiger charge is 2.16. The van der Waals surface area contributed by atoms with Crippen molar-refractivity contribution < 1.29 is 9.50 Å². The zero-order valence-electron chi connectivity index (χ0n) is 11.3. The van der Waals surface area contributed by atoms with E-state index in [2.05, 4.69) is 15.9 Å². The molecule has 3 nitrogen and oxygen atoms in total. The molecule has 0 unspecified atom stereocenters. The molecule has 0 atom stereocenters. The van der Waals surface area contributed by atoms with Gasteiger partial charge in [0.05, 0.1) is 22.3 Å². The molecule has 0 saturated heterocycles. The van der Waals surface area contributed by atoms with E-state index in [1.54, 1.807) is 17.0 Å². The average molecular weight is 349 g/mol. The molecule has 1 N–H and O–H groups in total. The number of nitriles is 1. The van der Waals surface area contributed by atoms with Crippen LogP contribution in [0.4, 0.5) is 10.1 Å². The van der Waals surface area contributed by atoms with Crippen molar-refractivity contribution in [3.63, 3.8) is 0 Å². The Hall–Kier alpha value is -1.90. The third-order valence-electron chi connectivity index (χ3n) is 3.11. The van der Waals surface area contributed by atoms with Crippen molar-refractivity contribution in [1.82, 2.24) is 0 Å². The quantitative estimate of drug-likeness (QED) is 0.899. The van der Waals surface area contributed by atoms with Crippen LogP contribution < -0.4 is 4.90 Å². The van der Waals surface area contributed by atoms with Crippen molar-refractivity contribution in [3.05, 3.63) is 63.9 Å². The Balaban J connectivity index is 2.35. The van der Waals surface area contributed by atoms with Gasteiger partial charge in [0, 0.05) is 13.1 Å². The Morgan fingerprint density at radius 1 is 1.19 bits per heavy atom. The van der Waals surface area contributed by atoms with E-state index in [-0.39, 0.29) is 16.6 Å². The minimum absolute atomic E-state index is 0.0795. The van der Waals surface area contributed by atoms with Crippen LogP contribution in [-0.4, -0.2) is 18.3 Å². The van der Waals surface area contributed by atoms with Gasteiger partial charge in [-0.1, -0.05) is 30.3 Å². The van der Waals surface area contributed by atoms with Crippen LogP contribution in [0.1, 0.15) is 11.1 Å². The molecule has 0 heterocycles. The molecule has 0 amide bonds. The molecule has 0 bridgehead atoms. The lowest BCUT2D eigenvalue weighted by molar-refractivity contribution is 0.301. The van der Waals surface area contributed by atoms with Crippen molar-refractivity contribution >= 4 is 21.6 Å². The first-order chi connectivity index (χ1) is 10.2. The van der Waals surface area contributed by atoms with Crippen LogP contribution >= 0.6 is 15.9 Å². The summed E-state index contributed by atoms with van der Waals surface area (Å²) in [5.74, 6) is -0.488. The van der Waals surface area contributed by atoms with Gasteiger partial charge in [-0.05, 0) is 33.6 Å². The average Bonchev–Trinajstić information content (AvgIpc) is 2.51. The molecule has 21 heavy (non-hydrogen) atoms. The second-order valence-corrected chi connectivity index (χ2v) is 5.30. The summed E-state index contributed by atoms with van der Waals surface area (Å²) in [6.07, 6.45) is 0. The highest BCUT2D eigenvalue weighted by molar-refractivity contribution is 9.10. The minimum Gasteiger partial charge on any atom is -0.395 e. The molecule has 0 aliphatic rings. The van der Waals surface area contributed by atoms with Gasteiger partial charge in [0.15, 0.2) is 5.82 Å². The van der Waals surface area contributed by atoms with Gasteiger partial charge in [0.2, 0.25) is 0 Å². The van der Waals surface area contributed by atoms with Crippen molar-refractivity contribution in [2.45, 2.75) is 6.54 Å². The van der Waals surface area contributed by atoms with Crippen LogP contribution in [0.5, 0.6) is 0 Å². The van der Waals surface area contributed by atoms with Crippen molar-refractivity contribution in [1.29, 1.82) is 5.26 Å². The molecule has 0 aliphatic carbocycles. The van der Waals surface area contributed by atoms with E-state index in [4.69, 9.17) is 5.26 Å². The topological polar surface area (TPSA) is 47.3 Å². The standard InChI is InChI=1S/C16H14BrFN2O/c17-15-13(10-19)6-7-14(16(15)18)20(8-9-21)11-12-4-2-1-3-5-12/h1-7,21H,8-9,11H2. The number of nitrogens with zero attached hydrogens (tertiary/aromatic N) is 2. The molecule has 0 saturated carbocycles. The van der Waals surface area contributed by atoms with E-state index in [0.717, 1.165) is 5.56 Å². The Bertz CT molecular complexity index is 655. The normalized spacial score (nSPS) is 10.2. The Labute approximate surface area is 131 Å². The molecule has 108 valence electrons. The van der Waals surface area contributed by atoms with E-state index >= 15 is 0 Å². The third kappa shape index (κ3) is 3.60. The van der Waals surface area contributed by atoms with Gasteiger partial charge in [-0.2, -0.15) is 5.26 Å². The summed E-state index contributed by atoms with van der Waals surface area (Å²) < 4.78 is 14.6. The summed E-state index contributed by atoms with van der Waals surface area (Å²) in [5.41, 5.74) is 1.63. The summed E-state index contributed by atoms with van der Waals surface area (Å²) in [5, 5.41) is 18.1. The molecule has 2 aromatic carbocycles. The third-order valence-corrected chi connectivity index (χ3v) is 3.88. The van der Waals surface area contributed by atoms with Gasteiger partial charge in [0.1, 0.15) is 6.07 Å². The first-order valence-electron chi connectivity index (χ1n) is 6.45. The maximum absolute atomic E-state index is 14.4. The smallest absolute Gasteiger partial charge is 0.161 e. The Kier molecular flexibility index (Phi) is 5.32. The summed E-state index contributed by atoms with van der Waals surface area (Å²) >= 11 is 3.11. The molecule has 2 aromatic rings. The van der Waals surface area contributed by atoms with Gasteiger partial charge >= 0.3 is 0 Å². The maximum atomic E-state index is 14.4. The predicted molar refractivity (Wildman–Crippen MR) is 83.4 cm³/mol. The predicted octanol–water partition coefficient (Wildman–Crippen LogP) is 3.46. The number of halogens is 2. The number of rotatable bonds is 5. The lowest BCUT2D eigenvalue weighted by atomic mass is 10.1. The fourth-order valence-corrected chi connectivity index (χ4v) is 2.50. The fourth-order valence-electron chi connectivity index (χ4n) is 2.08. The first-order valence-corrected chi connectivity index (χ1v) is 7.24. The minimum atomic E-state index is -0.488. The molecule has 0 aromatic heterocycles. The molecule has 0 radical (unpaired) electrons. The van der Waals surface area contributed by atoms with Crippen molar-refractivity contribution in [2.75, 3.05) is 18.1 Å². The van der Waals surface area contributed by atoms with Gasteiger partial charge in [-0.15, -0.1) is 0 Å². The second kappa shape index (κ2) is 7.21. The molecule has 2 rings (SSSR count). The first kappa shape index (κ1) is 15.5. The highest BCUT2D eigenvalue weighted by atomic mass is 79.9. The monoisotopic (exact) mass is 348 g/mol. The lowest BCUT2D eigenvalue weighted by Gasteiger charge is -2.25. The molecule has 0 fully saturated rings. The van der Waals surface area contributed by atoms with Crippen LogP contribution in [0.2, 0.25) is 0 Å². The zero-order valence-corrected chi connectivity index (χ0v) is 12.8. The molecular formula is C16H14BrFN2O. The number of hydrogen-bond acceptors (Lipinski definition) is 3. The largest absolute Gasteiger partial charge is 0.395 e. The van der Waals surface area contributed by atoms with Crippen molar-refractivity contribution in [2.24, 2.45) is 0 Å². The second-order valence-electron chi connectivity index (χ2n) is 4.50. The zero-order chi connectivity index (χ0) is 15.2. The van der Waals surface area contributed by atoms with Crippen LogP contribution in [-0.2, 0) is 6.54 Å². The molecular weight excluding hydrogens is 335 g/mol. The van der Waals surface area contributed by atoms with Crippen LogP contribution in [0.25, 0.3) is 0 Å². The Morgan fingerprint density at radius 3 is 2.52 bits per heavy atom. The van der Waals surface area contributed by atoms with E-state index in [0.29, 0.717) is 18.8 Å². The van der Waals surface area contributed by atoms with E-state index in [9.17, 15) is 9.50 Å². The van der Waals surface area contributed by atoms with Gasteiger partial charge in [-0.25, -0.2) is 4.39 Å². The number of benzene rings is 2. The number of anilines is 1. The number of aliphatic hydroxyl groups excluding tert-OH is 1. The van der Waals surface area contributed by atoms with Crippen LogP contribution in [0, 0.1) is 17.1 Å². The fraction of sp³-hybridized carbons (Fsp3) is 0.188. The highest BCUT2D eigenvalue weighted by Crippen LogP contribution is 2.30. The molecule has 5 heteroatoms.